The molecule has 0 spiro atoms. The first-order valence-corrected chi connectivity index (χ1v) is 9.35. The predicted molar refractivity (Wildman–Crippen MR) is 90.8 cm³/mol. The van der Waals surface area contributed by atoms with Gasteiger partial charge in [-0.25, -0.2) is 0 Å². The van der Waals surface area contributed by atoms with Gasteiger partial charge in [-0.2, -0.15) is 0 Å². The maximum Gasteiger partial charge on any atom is 0.313 e. The van der Waals surface area contributed by atoms with Crippen LogP contribution in [0.25, 0.3) is 0 Å². The molecule has 130 valence electrons. The smallest absolute Gasteiger partial charge is 0.313 e. The van der Waals surface area contributed by atoms with Crippen molar-refractivity contribution in [1.29, 1.82) is 0 Å². The van der Waals surface area contributed by atoms with Crippen molar-refractivity contribution >= 4 is 5.97 Å². The van der Waals surface area contributed by atoms with Gasteiger partial charge in [0.25, 0.3) is 0 Å². The Bertz CT molecular complexity index is 511. The molecule has 2 fully saturated rings. The van der Waals surface area contributed by atoms with Gasteiger partial charge in [0.1, 0.15) is 6.10 Å². The topological polar surface area (TPSA) is 46.5 Å². The molecule has 1 heterocycles. The summed E-state index contributed by atoms with van der Waals surface area (Å²) in [5, 5.41) is 9.15. The van der Waals surface area contributed by atoms with E-state index in [0.717, 1.165) is 32.1 Å². The lowest BCUT2D eigenvalue weighted by atomic mass is 9.52. The van der Waals surface area contributed by atoms with Gasteiger partial charge in [-0.05, 0) is 68.3 Å². The Balaban J connectivity index is 1.86. The molecule has 23 heavy (non-hydrogen) atoms. The molecule has 2 aliphatic carbocycles. The van der Waals surface area contributed by atoms with Crippen molar-refractivity contribution in [1.82, 2.24) is 0 Å². The van der Waals surface area contributed by atoms with Crippen LogP contribution in [0.3, 0.4) is 0 Å². The number of allylic oxidation sites excluding steroid dienone is 1. The minimum atomic E-state index is -0.299. The highest BCUT2D eigenvalue weighted by molar-refractivity contribution is 5.81. The van der Waals surface area contributed by atoms with E-state index in [9.17, 15) is 4.79 Å². The molecule has 6 atom stereocenters. The van der Waals surface area contributed by atoms with Gasteiger partial charge in [0.05, 0.1) is 5.41 Å². The summed E-state index contributed by atoms with van der Waals surface area (Å²) >= 11 is 0. The molecule has 3 nitrogen and oxygen atoms in total. The minimum Gasteiger partial charge on any atom is -0.458 e. The lowest BCUT2D eigenvalue weighted by molar-refractivity contribution is -0.148. The van der Waals surface area contributed by atoms with Crippen molar-refractivity contribution in [3.8, 4) is 0 Å². The quantitative estimate of drug-likeness (QED) is 0.613. The molecule has 3 aliphatic rings. The Kier molecular flexibility index (Phi) is 4.37. The Morgan fingerprint density at radius 3 is 2.78 bits per heavy atom. The summed E-state index contributed by atoms with van der Waals surface area (Å²) in [7, 11) is 0. The van der Waals surface area contributed by atoms with E-state index in [1.54, 1.807) is 0 Å². The zero-order valence-corrected chi connectivity index (χ0v) is 15.1. The molecule has 0 aromatic carbocycles. The van der Waals surface area contributed by atoms with Gasteiger partial charge in [0.15, 0.2) is 0 Å². The molecule has 0 unspecified atom stereocenters. The fourth-order valence-corrected chi connectivity index (χ4v) is 5.24. The third-order valence-electron chi connectivity index (χ3n) is 7.27. The normalized spacial score (nSPS) is 43.6. The summed E-state index contributed by atoms with van der Waals surface area (Å²) in [5.41, 5.74) is 1.37. The summed E-state index contributed by atoms with van der Waals surface area (Å²) in [6, 6.07) is 0. The number of esters is 1. The Hall–Kier alpha value is -0.830. The van der Waals surface area contributed by atoms with E-state index in [-0.39, 0.29) is 29.5 Å². The molecule has 1 saturated carbocycles. The number of fused-ring (bicyclic) bond motifs is 4. The van der Waals surface area contributed by atoms with E-state index in [4.69, 9.17) is 9.84 Å². The second-order valence-corrected chi connectivity index (χ2v) is 8.79. The molecule has 0 radical (unpaired) electrons. The number of ether oxygens (including phenoxy) is 1. The van der Waals surface area contributed by atoms with E-state index in [2.05, 4.69) is 33.8 Å². The molecular formula is C20H32O3. The van der Waals surface area contributed by atoms with Crippen LogP contribution in [0.5, 0.6) is 0 Å². The Morgan fingerprint density at radius 1 is 1.35 bits per heavy atom. The van der Waals surface area contributed by atoms with Crippen LogP contribution in [0, 0.1) is 28.6 Å². The second kappa shape index (κ2) is 5.91. The van der Waals surface area contributed by atoms with E-state index in [0.29, 0.717) is 17.8 Å². The van der Waals surface area contributed by atoms with Crippen molar-refractivity contribution in [3.63, 3.8) is 0 Å². The van der Waals surface area contributed by atoms with E-state index >= 15 is 0 Å². The molecule has 0 aromatic heterocycles. The summed E-state index contributed by atoms with van der Waals surface area (Å²) in [5.74, 6) is 1.58. The summed E-state index contributed by atoms with van der Waals surface area (Å²) < 4.78 is 5.62. The maximum absolute atomic E-state index is 12.4. The molecule has 0 aromatic rings. The van der Waals surface area contributed by atoms with Crippen LogP contribution in [-0.2, 0) is 9.53 Å². The minimum absolute atomic E-state index is 0.00163. The number of aliphatic hydroxyl groups excluding tert-OH is 1. The molecule has 2 bridgehead atoms. The highest BCUT2D eigenvalue weighted by atomic mass is 16.6. The second-order valence-electron chi connectivity index (χ2n) is 8.79. The van der Waals surface area contributed by atoms with Crippen LogP contribution in [0.2, 0.25) is 0 Å². The highest BCUT2D eigenvalue weighted by Crippen LogP contribution is 2.60. The third kappa shape index (κ3) is 2.65. The van der Waals surface area contributed by atoms with E-state index < -0.39 is 0 Å². The third-order valence-corrected chi connectivity index (χ3v) is 7.27. The van der Waals surface area contributed by atoms with Crippen molar-refractivity contribution in [2.45, 2.75) is 72.3 Å². The zero-order chi connectivity index (χ0) is 16.8. The zero-order valence-electron chi connectivity index (χ0n) is 15.1. The summed E-state index contributed by atoms with van der Waals surface area (Å²) in [6.07, 6.45) is 8.64. The first-order valence-electron chi connectivity index (χ1n) is 9.35. The van der Waals surface area contributed by atoms with Gasteiger partial charge in [-0.1, -0.05) is 26.3 Å². The van der Waals surface area contributed by atoms with Crippen LogP contribution < -0.4 is 0 Å². The number of carbonyl (C=O) groups excluding carboxylic acids is 1. The number of hydrogen-bond acceptors (Lipinski definition) is 3. The number of rotatable bonds is 5. The fourth-order valence-electron chi connectivity index (χ4n) is 5.24. The number of aliphatic hydroxyl groups is 1. The highest BCUT2D eigenvalue weighted by Gasteiger charge is 2.58. The molecule has 1 aliphatic heterocycles. The van der Waals surface area contributed by atoms with Crippen molar-refractivity contribution in [2.75, 3.05) is 6.61 Å². The van der Waals surface area contributed by atoms with Crippen LogP contribution >= 0.6 is 0 Å². The molecule has 0 amide bonds. The van der Waals surface area contributed by atoms with E-state index in [1.165, 1.54) is 12.0 Å². The lowest BCUT2D eigenvalue weighted by Gasteiger charge is -2.51. The molecule has 1 N–H and O–H groups in total. The summed E-state index contributed by atoms with van der Waals surface area (Å²) in [6.45, 7) is 9.41. The fraction of sp³-hybridized carbons (Fsp3) is 0.850. The average Bonchev–Trinajstić information content (AvgIpc) is 2.73. The maximum atomic E-state index is 12.4. The van der Waals surface area contributed by atoms with Gasteiger partial charge >= 0.3 is 5.97 Å². The predicted octanol–water partition coefficient (Wildman–Crippen LogP) is 4.10. The van der Waals surface area contributed by atoms with Gasteiger partial charge in [0.2, 0.25) is 0 Å². The molecule has 3 rings (SSSR count). The first kappa shape index (κ1) is 17.0. The number of carbonyl (C=O) groups is 1. The summed E-state index contributed by atoms with van der Waals surface area (Å²) in [4.78, 5) is 12.4. The Labute approximate surface area is 140 Å². The monoisotopic (exact) mass is 320 g/mol. The molecule has 3 heteroatoms. The SMILES string of the molecule is C[C@@H](CCO)CC[C@]1(C)C2=C[C@H]3C[C@](C)(C(=O)O3)[C@@H]2CC[C@H]1C. The lowest BCUT2D eigenvalue weighted by Crippen LogP contribution is -2.45. The molecule has 1 saturated heterocycles. The van der Waals surface area contributed by atoms with Gasteiger partial charge in [-0.15, -0.1) is 0 Å². The number of hydrogen-bond donors (Lipinski definition) is 1. The van der Waals surface area contributed by atoms with Gasteiger partial charge < -0.3 is 9.84 Å². The molecular weight excluding hydrogens is 288 g/mol. The van der Waals surface area contributed by atoms with E-state index in [1.807, 2.05) is 0 Å². The first-order chi connectivity index (χ1) is 10.8. The van der Waals surface area contributed by atoms with Gasteiger partial charge in [0, 0.05) is 13.0 Å². The largest absolute Gasteiger partial charge is 0.458 e. The van der Waals surface area contributed by atoms with Gasteiger partial charge in [-0.3, -0.25) is 4.79 Å². The van der Waals surface area contributed by atoms with Crippen LogP contribution in [0.4, 0.5) is 0 Å². The van der Waals surface area contributed by atoms with Crippen LogP contribution in [0.15, 0.2) is 11.6 Å². The Morgan fingerprint density at radius 2 is 2.09 bits per heavy atom. The van der Waals surface area contributed by atoms with Crippen LogP contribution in [0.1, 0.15) is 66.2 Å². The van der Waals surface area contributed by atoms with Crippen molar-refractivity contribution in [3.05, 3.63) is 11.6 Å². The van der Waals surface area contributed by atoms with Crippen LogP contribution in [-0.4, -0.2) is 23.8 Å². The average molecular weight is 320 g/mol. The van der Waals surface area contributed by atoms with Crippen molar-refractivity contribution in [2.24, 2.45) is 28.6 Å². The van der Waals surface area contributed by atoms with Crippen molar-refractivity contribution < 1.29 is 14.6 Å². The standard InChI is InChI=1S/C20H32O3/c1-13(8-10-21)7-9-19(3)14(2)5-6-16-17(19)11-15-12-20(16,4)18(22)23-15/h11,13-16,21H,5-10,12H2,1-4H3/t13-,14-,15+,16-,19+,20+/m1/s1.